The third-order valence-corrected chi connectivity index (χ3v) is 2.97. The van der Waals surface area contributed by atoms with Gasteiger partial charge in [0, 0.05) is 18.3 Å². The summed E-state index contributed by atoms with van der Waals surface area (Å²) in [6.45, 7) is 3.00. The van der Waals surface area contributed by atoms with Gasteiger partial charge < -0.3 is 5.11 Å². The molecule has 0 bridgehead atoms. The lowest BCUT2D eigenvalue weighted by atomic mass is 9.82. The van der Waals surface area contributed by atoms with Gasteiger partial charge >= 0.3 is 12.1 Å². The van der Waals surface area contributed by atoms with Gasteiger partial charge in [-0.05, 0) is 18.9 Å². The van der Waals surface area contributed by atoms with Crippen molar-refractivity contribution >= 4 is 5.97 Å². The minimum atomic E-state index is -4.44. The summed E-state index contributed by atoms with van der Waals surface area (Å²) >= 11 is 0. The summed E-state index contributed by atoms with van der Waals surface area (Å²) in [5, 5.41) is 8.80. The van der Waals surface area contributed by atoms with Gasteiger partial charge in [-0.2, -0.15) is 13.2 Å². The molecule has 106 valence electrons. The average molecular weight is 276 g/mol. The van der Waals surface area contributed by atoms with Gasteiger partial charge in [0.15, 0.2) is 0 Å². The Labute approximate surface area is 108 Å². The molecule has 4 nitrogen and oxygen atoms in total. The Morgan fingerprint density at radius 2 is 1.89 bits per heavy atom. The van der Waals surface area contributed by atoms with Gasteiger partial charge in [-0.15, -0.1) is 0 Å². The van der Waals surface area contributed by atoms with E-state index in [1.54, 1.807) is 6.92 Å². The molecule has 0 amide bonds. The van der Waals surface area contributed by atoms with Crippen molar-refractivity contribution in [2.75, 3.05) is 0 Å². The quantitative estimate of drug-likeness (QED) is 0.898. The van der Waals surface area contributed by atoms with Crippen LogP contribution in [0.25, 0.3) is 0 Å². The van der Waals surface area contributed by atoms with Crippen molar-refractivity contribution in [1.29, 1.82) is 0 Å². The Morgan fingerprint density at radius 3 is 2.26 bits per heavy atom. The van der Waals surface area contributed by atoms with E-state index >= 15 is 0 Å². The molecule has 0 aromatic carbocycles. The average Bonchev–Trinajstić information content (AvgIpc) is 2.27. The Bertz CT molecular complexity index is 432. The molecule has 1 aromatic rings. The van der Waals surface area contributed by atoms with Crippen molar-refractivity contribution in [1.82, 2.24) is 9.97 Å². The van der Waals surface area contributed by atoms with Crippen molar-refractivity contribution in [2.45, 2.75) is 38.8 Å². The molecule has 0 saturated heterocycles. The standard InChI is InChI=1S/C12H15F3N2O2/c1-3-10(12(13,14)15)9(4-11(18)19)8-5-16-7(2)17-6-8/h5-6,9-10H,3-4H2,1-2H3,(H,18,19)/t9-,10?/m1/s1. The minimum absolute atomic E-state index is 0.185. The van der Waals surface area contributed by atoms with Gasteiger partial charge in [-0.3, -0.25) is 4.79 Å². The summed E-state index contributed by atoms with van der Waals surface area (Å²) in [5.74, 6) is -3.72. The molecule has 1 N–H and O–H groups in total. The van der Waals surface area contributed by atoms with Gasteiger partial charge in [0.2, 0.25) is 0 Å². The van der Waals surface area contributed by atoms with Crippen LogP contribution in [0.5, 0.6) is 0 Å². The van der Waals surface area contributed by atoms with Crippen LogP contribution in [0.4, 0.5) is 13.2 Å². The van der Waals surface area contributed by atoms with E-state index in [9.17, 15) is 18.0 Å². The van der Waals surface area contributed by atoms with Crippen LogP contribution in [0.3, 0.4) is 0 Å². The molecular weight excluding hydrogens is 261 g/mol. The van der Waals surface area contributed by atoms with Crippen LogP contribution in [0.15, 0.2) is 12.4 Å². The zero-order valence-corrected chi connectivity index (χ0v) is 10.6. The topological polar surface area (TPSA) is 63.1 Å². The highest BCUT2D eigenvalue weighted by atomic mass is 19.4. The predicted molar refractivity (Wildman–Crippen MR) is 61.6 cm³/mol. The summed E-state index contributed by atoms with van der Waals surface area (Å²) in [6, 6.07) is 0. The molecule has 0 aliphatic heterocycles. The van der Waals surface area contributed by atoms with Crippen molar-refractivity contribution in [2.24, 2.45) is 5.92 Å². The predicted octanol–water partition coefficient (Wildman–Crippen LogP) is 2.93. The largest absolute Gasteiger partial charge is 0.481 e. The third-order valence-electron chi connectivity index (χ3n) is 2.97. The molecule has 0 saturated carbocycles. The maximum absolute atomic E-state index is 13.0. The van der Waals surface area contributed by atoms with E-state index in [-0.39, 0.29) is 12.0 Å². The maximum Gasteiger partial charge on any atom is 0.392 e. The van der Waals surface area contributed by atoms with E-state index in [0.29, 0.717) is 5.82 Å². The zero-order chi connectivity index (χ0) is 14.6. The molecule has 19 heavy (non-hydrogen) atoms. The Kier molecular flexibility index (Phi) is 4.85. The first-order chi connectivity index (χ1) is 8.75. The van der Waals surface area contributed by atoms with Crippen LogP contribution >= 0.6 is 0 Å². The van der Waals surface area contributed by atoms with Crippen molar-refractivity contribution in [3.8, 4) is 0 Å². The number of aromatic nitrogens is 2. The van der Waals surface area contributed by atoms with Gasteiger partial charge in [0.25, 0.3) is 0 Å². The van der Waals surface area contributed by atoms with Gasteiger partial charge in [0.1, 0.15) is 5.82 Å². The first-order valence-corrected chi connectivity index (χ1v) is 5.82. The number of halogens is 3. The van der Waals surface area contributed by atoms with Gasteiger partial charge in [-0.25, -0.2) is 9.97 Å². The lowest BCUT2D eigenvalue weighted by molar-refractivity contribution is -0.183. The number of alkyl halides is 3. The van der Waals surface area contributed by atoms with Crippen LogP contribution in [-0.2, 0) is 4.79 Å². The number of carboxylic acids is 1. The third kappa shape index (κ3) is 4.18. The van der Waals surface area contributed by atoms with Gasteiger partial charge in [0.05, 0.1) is 12.3 Å². The van der Waals surface area contributed by atoms with E-state index in [1.165, 1.54) is 19.3 Å². The highest BCUT2D eigenvalue weighted by molar-refractivity contribution is 5.68. The van der Waals surface area contributed by atoms with E-state index in [0.717, 1.165) is 0 Å². The zero-order valence-electron chi connectivity index (χ0n) is 10.6. The highest BCUT2D eigenvalue weighted by Gasteiger charge is 2.44. The molecule has 0 aliphatic carbocycles. The van der Waals surface area contributed by atoms with E-state index in [4.69, 9.17) is 5.11 Å². The molecule has 0 radical (unpaired) electrons. The van der Waals surface area contributed by atoms with E-state index in [1.807, 2.05) is 0 Å². The second-order valence-electron chi connectivity index (χ2n) is 4.32. The first kappa shape index (κ1) is 15.4. The highest BCUT2D eigenvalue weighted by Crippen LogP contribution is 2.41. The van der Waals surface area contributed by atoms with Crippen LogP contribution in [0.1, 0.15) is 37.1 Å². The van der Waals surface area contributed by atoms with E-state index < -0.39 is 30.4 Å². The van der Waals surface area contributed by atoms with E-state index in [2.05, 4.69) is 9.97 Å². The van der Waals surface area contributed by atoms with Crippen molar-refractivity contribution < 1.29 is 23.1 Å². The second kappa shape index (κ2) is 5.99. The van der Waals surface area contributed by atoms with Crippen LogP contribution in [-0.4, -0.2) is 27.2 Å². The maximum atomic E-state index is 13.0. The lowest BCUT2D eigenvalue weighted by Crippen LogP contribution is -2.30. The number of carboxylic acid groups (broad SMARTS) is 1. The Morgan fingerprint density at radius 1 is 1.37 bits per heavy atom. The second-order valence-corrected chi connectivity index (χ2v) is 4.32. The van der Waals surface area contributed by atoms with Crippen LogP contribution in [0.2, 0.25) is 0 Å². The number of aryl methyl sites for hydroxylation is 1. The minimum Gasteiger partial charge on any atom is -0.481 e. The summed E-state index contributed by atoms with van der Waals surface area (Å²) in [4.78, 5) is 18.5. The molecular formula is C12H15F3N2O2. The fraction of sp³-hybridized carbons (Fsp3) is 0.583. The smallest absolute Gasteiger partial charge is 0.392 e. The summed E-state index contributed by atoms with van der Waals surface area (Å²) in [7, 11) is 0. The van der Waals surface area contributed by atoms with Crippen LogP contribution in [0, 0.1) is 12.8 Å². The number of rotatable bonds is 5. The van der Waals surface area contributed by atoms with Crippen LogP contribution < -0.4 is 0 Å². The molecule has 1 unspecified atom stereocenters. The molecule has 2 atom stereocenters. The molecule has 1 aromatic heterocycles. The summed E-state index contributed by atoms with van der Waals surface area (Å²) in [5.41, 5.74) is 0.206. The number of hydrogen-bond acceptors (Lipinski definition) is 3. The van der Waals surface area contributed by atoms with Crippen molar-refractivity contribution in [3.63, 3.8) is 0 Å². The van der Waals surface area contributed by atoms with Gasteiger partial charge in [-0.1, -0.05) is 6.92 Å². The molecule has 7 heteroatoms. The Balaban J connectivity index is 3.13. The fourth-order valence-electron chi connectivity index (χ4n) is 2.02. The number of carbonyl (C=O) groups is 1. The Hall–Kier alpha value is -1.66. The first-order valence-electron chi connectivity index (χ1n) is 5.82. The molecule has 0 fully saturated rings. The monoisotopic (exact) mass is 276 g/mol. The number of nitrogens with zero attached hydrogens (tertiary/aromatic N) is 2. The molecule has 1 rings (SSSR count). The molecule has 0 spiro atoms. The normalized spacial score (nSPS) is 15.0. The number of aliphatic carboxylic acids is 1. The molecule has 1 heterocycles. The SMILES string of the molecule is CCC([C@H](CC(=O)O)c1cnc(C)nc1)C(F)(F)F. The molecule has 0 aliphatic rings. The van der Waals surface area contributed by atoms with Crippen molar-refractivity contribution in [3.05, 3.63) is 23.8 Å². The summed E-state index contributed by atoms with van der Waals surface area (Å²) < 4.78 is 38.9. The fourth-order valence-corrected chi connectivity index (χ4v) is 2.02. The summed E-state index contributed by atoms with van der Waals surface area (Å²) in [6.07, 6.45) is -2.69. The number of hydrogen-bond donors (Lipinski definition) is 1. The lowest BCUT2D eigenvalue weighted by Gasteiger charge is -2.27.